The van der Waals surface area contributed by atoms with Gasteiger partial charge < -0.3 is 0 Å². The predicted octanol–water partition coefficient (Wildman–Crippen LogP) is 4.28. The van der Waals surface area contributed by atoms with Crippen molar-refractivity contribution in [2.45, 2.75) is 19.3 Å². The topological polar surface area (TPSA) is 55.5 Å². The van der Waals surface area contributed by atoms with E-state index in [0.717, 1.165) is 12.1 Å². The molecule has 3 aromatic rings. The van der Waals surface area contributed by atoms with E-state index in [1.54, 1.807) is 42.9 Å². The van der Waals surface area contributed by atoms with E-state index in [1.807, 2.05) is 0 Å². The second-order valence-corrected chi connectivity index (χ2v) is 7.24. The van der Waals surface area contributed by atoms with Gasteiger partial charge in [-0.15, -0.1) is 10.2 Å². The van der Waals surface area contributed by atoms with Crippen LogP contribution in [-0.4, -0.2) is 39.6 Å². The Morgan fingerprint density at radius 2 is 1.87 bits per heavy atom. The molecule has 0 saturated carbocycles. The van der Waals surface area contributed by atoms with Gasteiger partial charge in [0.05, 0.1) is 17.0 Å². The zero-order valence-electron chi connectivity index (χ0n) is 16.1. The summed E-state index contributed by atoms with van der Waals surface area (Å²) in [5, 5.41) is 10.2. The van der Waals surface area contributed by atoms with Crippen molar-refractivity contribution in [1.82, 2.24) is 19.8 Å². The van der Waals surface area contributed by atoms with Crippen LogP contribution in [0.2, 0.25) is 5.02 Å². The molecule has 0 unspecified atom stereocenters. The molecule has 10 heteroatoms. The van der Waals surface area contributed by atoms with Crippen LogP contribution in [0, 0.1) is 0 Å². The van der Waals surface area contributed by atoms with Crippen LogP contribution in [0.25, 0.3) is 5.69 Å². The smallest absolute Gasteiger partial charge is 0.291 e. The number of halogens is 4. The average Bonchev–Trinajstić information content (AvgIpc) is 3.02. The van der Waals surface area contributed by atoms with E-state index in [-0.39, 0.29) is 18.8 Å². The molecule has 0 saturated heterocycles. The maximum atomic E-state index is 13.5. The first-order valence-electron chi connectivity index (χ1n) is 9.00. The molecular formula is C20H17ClF3N5O. The molecule has 0 amide bonds. The first kappa shape index (κ1) is 20.5. The van der Waals surface area contributed by atoms with Crippen molar-refractivity contribution in [3.63, 3.8) is 0 Å². The van der Waals surface area contributed by atoms with Gasteiger partial charge in [0.2, 0.25) is 0 Å². The van der Waals surface area contributed by atoms with Gasteiger partial charge in [-0.05, 0) is 18.2 Å². The van der Waals surface area contributed by atoms with Crippen molar-refractivity contribution in [2.75, 3.05) is 14.1 Å². The molecule has 30 heavy (non-hydrogen) atoms. The minimum Gasteiger partial charge on any atom is -0.291 e. The molecule has 0 fully saturated rings. The Bertz CT molecular complexity index is 1120. The Hall–Kier alpha value is -2.75. The van der Waals surface area contributed by atoms with Crippen LogP contribution >= 0.6 is 11.6 Å². The highest BCUT2D eigenvalue weighted by atomic mass is 35.5. The van der Waals surface area contributed by atoms with E-state index in [2.05, 4.69) is 15.2 Å². The van der Waals surface area contributed by atoms with E-state index in [4.69, 9.17) is 16.4 Å². The fraction of sp³-hybridized carbons (Fsp3) is 0.250. The largest absolute Gasteiger partial charge is 0.416 e. The SMILES string of the molecule is CN(C)OCc1nnc2n1-c1cc(C(F)(F)F)ccc1C(c1ccccc1Cl)=NC2. The van der Waals surface area contributed by atoms with Gasteiger partial charge in [0.25, 0.3) is 0 Å². The Morgan fingerprint density at radius 1 is 1.10 bits per heavy atom. The molecule has 1 aliphatic heterocycles. The highest BCUT2D eigenvalue weighted by molar-refractivity contribution is 6.35. The molecule has 1 aliphatic rings. The van der Waals surface area contributed by atoms with Gasteiger partial charge in [-0.25, -0.2) is 0 Å². The Morgan fingerprint density at radius 3 is 2.57 bits per heavy atom. The van der Waals surface area contributed by atoms with Crippen molar-refractivity contribution in [3.05, 3.63) is 75.8 Å². The highest BCUT2D eigenvalue weighted by Crippen LogP contribution is 2.35. The lowest BCUT2D eigenvalue weighted by atomic mass is 9.98. The lowest BCUT2D eigenvalue weighted by molar-refractivity contribution is -0.137. The van der Waals surface area contributed by atoms with E-state index < -0.39 is 11.7 Å². The summed E-state index contributed by atoms with van der Waals surface area (Å²) < 4.78 is 42.0. The van der Waals surface area contributed by atoms with Crippen molar-refractivity contribution in [2.24, 2.45) is 4.99 Å². The van der Waals surface area contributed by atoms with Crippen molar-refractivity contribution >= 4 is 17.3 Å². The predicted molar refractivity (Wildman–Crippen MR) is 106 cm³/mol. The maximum Gasteiger partial charge on any atom is 0.416 e. The summed E-state index contributed by atoms with van der Waals surface area (Å²) in [4.78, 5) is 10.1. The first-order valence-corrected chi connectivity index (χ1v) is 9.38. The molecule has 6 nitrogen and oxygen atoms in total. The fourth-order valence-electron chi connectivity index (χ4n) is 3.23. The number of nitrogens with zero attached hydrogens (tertiary/aromatic N) is 5. The average molecular weight is 436 g/mol. The summed E-state index contributed by atoms with van der Waals surface area (Å²) >= 11 is 6.36. The van der Waals surface area contributed by atoms with Crippen molar-refractivity contribution < 1.29 is 18.0 Å². The number of fused-ring (bicyclic) bond motifs is 3. The van der Waals surface area contributed by atoms with Crippen molar-refractivity contribution in [1.29, 1.82) is 0 Å². The third-order valence-corrected chi connectivity index (χ3v) is 4.91. The van der Waals surface area contributed by atoms with Crippen LogP contribution < -0.4 is 0 Å². The molecule has 0 bridgehead atoms. The van der Waals surface area contributed by atoms with E-state index >= 15 is 0 Å². The molecule has 4 rings (SSSR count). The molecule has 0 spiro atoms. The van der Waals surface area contributed by atoms with E-state index in [0.29, 0.717) is 33.5 Å². The molecular weight excluding hydrogens is 419 g/mol. The number of alkyl halides is 3. The zero-order chi connectivity index (χ0) is 21.5. The Kier molecular flexibility index (Phi) is 5.35. The van der Waals surface area contributed by atoms with E-state index in [9.17, 15) is 13.2 Å². The summed E-state index contributed by atoms with van der Waals surface area (Å²) in [6.45, 7) is 0.169. The second kappa shape index (κ2) is 7.82. The zero-order valence-corrected chi connectivity index (χ0v) is 16.9. The number of rotatable bonds is 4. The number of hydrogen-bond donors (Lipinski definition) is 0. The highest BCUT2D eigenvalue weighted by Gasteiger charge is 2.33. The minimum absolute atomic E-state index is 0.0388. The van der Waals surface area contributed by atoms with Gasteiger partial charge >= 0.3 is 6.18 Å². The molecule has 0 atom stereocenters. The molecule has 156 valence electrons. The molecule has 2 heterocycles. The fourth-order valence-corrected chi connectivity index (χ4v) is 3.45. The maximum absolute atomic E-state index is 13.5. The summed E-state index contributed by atoms with van der Waals surface area (Å²) in [6.07, 6.45) is -4.50. The normalized spacial score (nSPS) is 13.6. The third-order valence-electron chi connectivity index (χ3n) is 4.58. The third kappa shape index (κ3) is 3.83. The lowest BCUT2D eigenvalue weighted by Crippen LogP contribution is -2.16. The quantitative estimate of drug-likeness (QED) is 0.574. The van der Waals surface area contributed by atoms with Crippen LogP contribution in [0.3, 0.4) is 0 Å². The van der Waals surface area contributed by atoms with Gasteiger partial charge in [-0.3, -0.25) is 14.4 Å². The van der Waals surface area contributed by atoms with Gasteiger partial charge in [0.15, 0.2) is 11.6 Å². The van der Waals surface area contributed by atoms with Gasteiger partial charge in [0.1, 0.15) is 13.2 Å². The Balaban J connectivity index is 1.93. The lowest BCUT2D eigenvalue weighted by Gasteiger charge is -2.17. The summed E-state index contributed by atoms with van der Waals surface area (Å²) in [6, 6.07) is 10.6. The van der Waals surface area contributed by atoms with Gasteiger partial charge in [0, 0.05) is 30.2 Å². The second-order valence-electron chi connectivity index (χ2n) is 6.83. The molecule has 0 radical (unpaired) electrons. The minimum atomic E-state index is -4.50. The Labute approximate surface area is 175 Å². The number of hydrogen-bond acceptors (Lipinski definition) is 5. The first-order chi connectivity index (χ1) is 14.3. The van der Waals surface area contributed by atoms with Crippen LogP contribution in [-0.2, 0) is 24.2 Å². The molecule has 0 N–H and O–H groups in total. The van der Waals surface area contributed by atoms with Gasteiger partial charge in [-0.2, -0.15) is 18.2 Å². The van der Waals surface area contributed by atoms with Crippen molar-refractivity contribution in [3.8, 4) is 5.69 Å². The molecule has 2 aromatic carbocycles. The van der Waals surface area contributed by atoms with E-state index in [1.165, 1.54) is 11.1 Å². The van der Waals surface area contributed by atoms with Crippen LogP contribution in [0.4, 0.5) is 13.2 Å². The number of hydroxylamine groups is 2. The summed E-state index contributed by atoms with van der Waals surface area (Å²) in [5.74, 6) is 0.782. The summed E-state index contributed by atoms with van der Waals surface area (Å²) in [7, 11) is 3.40. The molecule has 0 aliphatic carbocycles. The van der Waals surface area contributed by atoms with Crippen LogP contribution in [0.1, 0.15) is 28.3 Å². The standard InChI is InChI=1S/C20H17ClF3N5O/c1-28(2)30-11-18-27-26-17-10-25-19(13-5-3-4-6-15(13)21)14-8-7-12(20(22,23)24)9-16(14)29(17)18/h3-9H,10-11H2,1-2H3. The van der Waals surface area contributed by atoms with Gasteiger partial charge in [-0.1, -0.05) is 35.9 Å². The molecule has 1 aromatic heterocycles. The monoisotopic (exact) mass is 435 g/mol. The van der Waals surface area contributed by atoms with Crippen LogP contribution in [0.5, 0.6) is 0 Å². The number of aromatic nitrogens is 3. The number of aliphatic imine (C=N–C) groups is 1. The van der Waals surface area contributed by atoms with Crippen LogP contribution in [0.15, 0.2) is 47.5 Å². The number of benzene rings is 2. The summed E-state index contributed by atoms with van der Waals surface area (Å²) in [5.41, 5.74) is 1.12.